The van der Waals surface area contributed by atoms with Crippen LogP contribution in [-0.4, -0.2) is 54.5 Å². The standard InChI is InChI=1S/C19H24N2O5/c1-12-7-14(19(24)25)10-20(9-12)18(23)13-8-17(22)21(11-13)15-3-5-16(26-2)6-4-15/h3-6,12-14H,7-11H2,1-2H3,(H,24,25). The van der Waals surface area contributed by atoms with Crippen molar-refractivity contribution in [3.63, 3.8) is 0 Å². The molecule has 7 heteroatoms. The van der Waals surface area contributed by atoms with E-state index >= 15 is 0 Å². The summed E-state index contributed by atoms with van der Waals surface area (Å²) in [5, 5.41) is 9.29. The van der Waals surface area contributed by atoms with Crippen molar-refractivity contribution in [2.45, 2.75) is 19.8 Å². The Hall–Kier alpha value is -2.57. The van der Waals surface area contributed by atoms with Crippen molar-refractivity contribution in [2.75, 3.05) is 31.6 Å². The van der Waals surface area contributed by atoms with Crippen LogP contribution in [0.5, 0.6) is 5.75 Å². The van der Waals surface area contributed by atoms with Gasteiger partial charge in [-0.3, -0.25) is 14.4 Å². The van der Waals surface area contributed by atoms with Gasteiger partial charge in [-0.2, -0.15) is 0 Å². The second-order valence-electron chi connectivity index (χ2n) is 7.22. The van der Waals surface area contributed by atoms with Crippen LogP contribution in [0.15, 0.2) is 24.3 Å². The molecule has 1 aromatic rings. The fourth-order valence-electron chi connectivity index (χ4n) is 3.85. The summed E-state index contributed by atoms with van der Waals surface area (Å²) in [7, 11) is 1.58. The first-order valence-corrected chi connectivity index (χ1v) is 8.85. The highest BCUT2D eigenvalue weighted by atomic mass is 16.5. The molecule has 0 saturated carbocycles. The van der Waals surface area contributed by atoms with Crippen molar-refractivity contribution in [3.05, 3.63) is 24.3 Å². The summed E-state index contributed by atoms with van der Waals surface area (Å²) >= 11 is 0. The molecule has 0 aliphatic carbocycles. The average molecular weight is 360 g/mol. The van der Waals surface area contributed by atoms with E-state index in [0.29, 0.717) is 25.3 Å². The highest BCUT2D eigenvalue weighted by Gasteiger charge is 2.40. The maximum atomic E-state index is 12.9. The van der Waals surface area contributed by atoms with E-state index in [1.54, 1.807) is 41.2 Å². The highest BCUT2D eigenvalue weighted by Crippen LogP contribution is 2.30. The molecular weight excluding hydrogens is 336 g/mol. The summed E-state index contributed by atoms with van der Waals surface area (Å²) < 4.78 is 5.12. The van der Waals surface area contributed by atoms with Crippen molar-refractivity contribution < 1.29 is 24.2 Å². The van der Waals surface area contributed by atoms with E-state index in [1.807, 2.05) is 6.92 Å². The fourth-order valence-corrected chi connectivity index (χ4v) is 3.85. The van der Waals surface area contributed by atoms with Crippen LogP contribution in [0, 0.1) is 17.8 Å². The summed E-state index contributed by atoms with van der Waals surface area (Å²) in [6.45, 7) is 3.06. The Morgan fingerprint density at radius 2 is 1.81 bits per heavy atom. The summed E-state index contributed by atoms with van der Waals surface area (Å²) in [5.41, 5.74) is 0.738. The molecule has 7 nitrogen and oxygen atoms in total. The Bertz CT molecular complexity index is 702. The van der Waals surface area contributed by atoms with Crippen LogP contribution in [0.4, 0.5) is 5.69 Å². The molecule has 1 N–H and O–H groups in total. The Labute approximate surface area is 152 Å². The van der Waals surface area contributed by atoms with E-state index in [-0.39, 0.29) is 30.7 Å². The Balaban J connectivity index is 1.69. The average Bonchev–Trinajstić information content (AvgIpc) is 3.02. The molecule has 2 heterocycles. The normalized spacial score (nSPS) is 26.1. The van der Waals surface area contributed by atoms with Crippen molar-refractivity contribution in [3.8, 4) is 5.75 Å². The lowest BCUT2D eigenvalue weighted by molar-refractivity contribution is -0.148. The van der Waals surface area contributed by atoms with Gasteiger partial charge in [0, 0.05) is 31.7 Å². The van der Waals surface area contributed by atoms with E-state index in [2.05, 4.69) is 0 Å². The molecule has 140 valence electrons. The number of carbonyl (C=O) groups is 3. The third kappa shape index (κ3) is 3.66. The SMILES string of the molecule is COc1ccc(N2CC(C(=O)N3CC(C)CC(C(=O)O)C3)CC2=O)cc1. The molecule has 2 aliphatic heterocycles. The molecule has 0 bridgehead atoms. The minimum Gasteiger partial charge on any atom is -0.497 e. The van der Waals surface area contributed by atoms with Crippen LogP contribution in [0.1, 0.15) is 19.8 Å². The minimum atomic E-state index is -0.864. The summed E-state index contributed by atoms with van der Waals surface area (Å²) in [6.07, 6.45) is 0.744. The van der Waals surface area contributed by atoms with Crippen molar-refractivity contribution in [1.29, 1.82) is 0 Å². The van der Waals surface area contributed by atoms with E-state index in [9.17, 15) is 19.5 Å². The summed E-state index contributed by atoms with van der Waals surface area (Å²) in [5.74, 6) is -1.18. The number of hydrogen-bond donors (Lipinski definition) is 1. The number of amides is 2. The summed E-state index contributed by atoms with van der Waals surface area (Å²) in [6, 6.07) is 7.16. The van der Waals surface area contributed by atoms with Gasteiger partial charge in [-0.15, -0.1) is 0 Å². The molecule has 3 unspecified atom stereocenters. The number of rotatable bonds is 4. The van der Waals surface area contributed by atoms with Crippen LogP contribution < -0.4 is 9.64 Å². The van der Waals surface area contributed by atoms with Crippen molar-refractivity contribution in [2.24, 2.45) is 17.8 Å². The molecule has 0 spiro atoms. The number of carboxylic acids is 1. The van der Waals surface area contributed by atoms with Crippen LogP contribution in [0.3, 0.4) is 0 Å². The second-order valence-corrected chi connectivity index (χ2v) is 7.22. The van der Waals surface area contributed by atoms with Crippen LogP contribution >= 0.6 is 0 Å². The molecule has 26 heavy (non-hydrogen) atoms. The zero-order chi connectivity index (χ0) is 18.8. The number of carbonyl (C=O) groups excluding carboxylic acids is 2. The largest absolute Gasteiger partial charge is 0.497 e. The van der Waals surface area contributed by atoms with E-state index in [0.717, 1.165) is 5.69 Å². The Morgan fingerprint density at radius 1 is 1.12 bits per heavy atom. The molecule has 3 atom stereocenters. The number of carboxylic acid groups (broad SMARTS) is 1. The lowest BCUT2D eigenvalue weighted by atomic mass is 9.89. The van der Waals surface area contributed by atoms with Gasteiger partial charge in [0.25, 0.3) is 0 Å². The number of piperidine rings is 1. The smallest absolute Gasteiger partial charge is 0.308 e. The van der Waals surface area contributed by atoms with Gasteiger partial charge in [0.15, 0.2) is 0 Å². The zero-order valence-electron chi connectivity index (χ0n) is 15.1. The van der Waals surface area contributed by atoms with Crippen molar-refractivity contribution >= 4 is 23.5 Å². The van der Waals surface area contributed by atoms with Crippen LogP contribution in [0.25, 0.3) is 0 Å². The van der Waals surface area contributed by atoms with E-state index in [4.69, 9.17) is 4.74 Å². The maximum Gasteiger partial charge on any atom is 0.308 e. The topological polar surface area (TPSA) is 87.2 Å². The molecule has 0 radical (unpaired) electrons. The first-order valence-electron chi connectivity index (χ1n) is 8.85. The highest BCUT2D eigenvalue weighted by molar-refractivity contribution is 6.00. The molecule has 2 amide bonds. The van der Waals surface area contributed by atoms with Crippen molar-refractivity contribution in [1.82, 2.24) is 4.90 Å². The molecule has 2 aliphatic rings. The van der Waals surface area contributed by atoms with Crippen LogP contribution in [0.2, 0.25) is 0 Å². The van der Waals surface area contributed by atoms with Crippen LogP contribution in [-0.2, 0) is 14.4 Å². The third-order valence-corrected chi connectivity index (χ3v) is 5.18. The van der Waals surface area contributed by atoms with Gasteiger partial charge in [-0.1, -0.05) is 6.92 Å². The first-order chi connectivity index (χ1) is 12.4. The van der Waals surface area contributed by atoms with Gasteiger partial charge in [-0.05, 0) is 36.6 Å². The number of methoxy groups -OCH3 is 1. The fraction of sp³-hybridized carbons (Fsp3) is 0.526. The molecule has 2 saturated heterocycles. The predicted octanol–water partition coefficient (Wildman–Crippen LogP) is 1.62. The van der Waals surface area contributed by atoms with Gasteiger partial charge >= 0.3 is 5.97 Å². The van der Waals surface area contributed by atoms with E-state index in [1.165, 1.54) is 0 Å². The minimum absolute atomic E-state index is 0.0895. The maximum absolute atomic E-state index is 12.9. The number of benzene rings is 1. The number of ether oxygens (including phenoxy) is 1. The first kappa shape index (κ1) is 18.2. The number of likely N-dealkylation sites (tertiary alicyclic amines) is 1. The van der Waals surface area contributed by atoms with Gasteiger partial charge in [-0.25, -0.2) is 0 Å². The quantitative estimate of drug-likeness (QED) is 0.882. The zero-order valence-corrected chi connectivity index (χ0v) is 15.1. The molecule has 3 rings (SSSR count). The lowest BCUT2D eigenvalue weighted by Crippen LogP contribution is -2.48. The number of hydrogen-bond acceptors (Lipinski definition) is 4. The monoisotopic (exact) mass is 360 g/mol. The Kier molecular flexibility index (Phi) is 5.15. The van der Waals surface area contributed by atoms with E-state index < -0.39 is 17.8 Å². The third-order valence-electron chi connectivity index (χ3n) is 5.18. The van der Waals surface area contributed by atoms with Gasteiger partial charge in [0.1, 0.15) is 5.75 Å². The van der Waals surface area contributed by atoms with Gasteiger partial charge in [0.2, 0.25) is 11.8 Å². The number of anilines is 1. The van der Waals surface area contributed by atoms with Gasteiger partial charge in [0.05, 0.1) is 18.9 Å². The molecule has 1 aromatic carbocycles. The number of aliphatic carboxylic acids is 1. The lowest BCUT2D eigenvalue weighted by Gasteiger charge is -2.36. The molecule has 2 fully saturated rings. The predicted molar refractivity (Wildman–Crippen MR) is 94.9 cm³/mol. The second kappa shape index (κ2) is 7.35. The number of nitrogens with zero attached hydrogens (tertiary/aromatic N) is 2. The molecule has 0 aromatic heterocycles. The summed E-state index contributed by atoms with van der Waals surface area (Å²) in [4.78, 5) is 39.8. The Morgan fingerprint density at radius 3 is 2.42 bits per heavy atom. The van der Waals surface area contributed by atoms with Gasteiger partial charge < -0.3 is 19.6 Å². The molecular formula is C19H24N2O5.